The van der Waals surface area contributed by atoms with E-state index in [1.54, 1.807) is 0 Å². The first-order valence-corrected chi connectivity index (χ1v) is 8.82. The van der Waals surface area contributed by atoms with Crippen molar-refractivity contribution in [3.05, 3.63) is 47.3 Å². The van der Waals surface area contributed by atoms with Crippen LogP contribution in [0.5, 0.6) is 5.75 Å². The van der Waals surface area contributed by atoms with Crippen molar-refractivity contribution in [1.82, 2.24) is 15.8 Å². The molecule has 0 spiro atoms. The van der Waals surface area contributed by atoms with Gasteiger partial charge in [-0.25, -0.2) is 4.99 Å². The van der Waals surface area contributed by atoms with Crippen molar-refractivity contribution in [2.24, 2.45) is 4.99 Å². The first-order chi connectivity index (χ1) is 12.1. The number of benzene rings is 1. The Kier molecular flexibility index (Phi) is 7.32. The minimum absolute atomic E-state index is 0.356. The molecule has 0 fully saturated rings. The van der Waals surface area contributed by atoms with Crippen LogP contribution >= 0.6 is 0 Å². The molecule has 136 valence electrons. The van der Waals surface area contributed by atoms with Gasteiger partial charge in [0.25, 0.3) is 0 Å². The summed E-state index contributed by atoms with van der Waals surface area (Å²) in [6, 6.07) is 9.94. The van der Waals surface area contributed by atoms with Gasteiger partial charge in [-0.15, -0.1) is 0 Å². The first-order valence-electron chi connectivity index (χ1n) is 8.82. The zero-order valence-electron chi connectivity index (χ0n) is 15.5. The second-order valence-corrected chi connectivity index (χ2v) is 5.96. The standard InChI is InChI=1S/C19H28N4O2/c1-5-20-19(22-13-16-11-17(14(3)4)23-25-16)21-12-15-9-7-8-10-18(15)24-6-2/h7-11,14H,5-6,12-13H2,1-4H3,(H2,20,21,22). The van der Waals surface area contributed by atoms with Gasteiger partial charge < -0.3 is 19.9 Å². The molecular weight excluding hydrogens is 316 g/mol. The summed E-state index contributed by atoms with van der Waals surface area (Å²) in [7, 11) is 0. The molecule has 1 aromatic heterocycles. The molecule has 2 rings (SSSR count). The van der Waals surface area contributed by atoms with E-state index in [-0.39, 0.29) is 0 Å². The van der Waals surface area contributed by atoms with E-state index in [4.69, 9.17) is 9.26 Å². The molecule has 0 unspecified atom stereocenters. The maximum absolute atomic E-state index is 5.65. The number of aromatic nitrogens is 1. The number of rotatable bonds is 8. The van der Waals surface area contributed by atoms with E-state index in [0.29, 0.717) is 25.6 Å². The van der Waals surface area contributed by atoms with Crippen molar-refractivity contribution in [3.8, 4) is 5.75 Å². The number of hydrogen-bond donors (Lipinski definition) is 2. The third kappa shape index (κ3) is 5.81. The van der Waals surface area contributed by atoms with Gasteiger partial charge in [0.05, 0.1) is 25.4 Å². The Hall–Kier alpha value is -2.50. The van der Waals surface area contributed by atoms with Crippen LogP contribution in [0.15, 0.2) is 39.8 Å². The van der Waals surface area contributed by atoms with E-state index in [1.165, 1.54) is 0 Å². The molecular formula is C19H28N4O2. The average molecular weight is 344 g/mol. The number of aliphatic imine (C=N–C) groups is 1. The predicted octanol–water partition coefficient (Wildman–Crippen LogP) is 3.45. The summed E-state index contributed by atoms with van der Waals surface area (Å²) in [6.45, 7) is 10.7. The van der Waals surface area contributed by atoms with Crippen LogP contribution in [-0.2, 0) is 13.1 Å². The molecule has 0 atom stereocenters. The largest absolute Gasteiger partial charge is 0.494 e. The van der Waals surface area contributed by atoms with E-state index in [1.807, 2.05) is 44.2 Å². The van der Waals surface area contributed by atoms with Crippen LogP contribution in [0.1, 0.15) is 50.6 Å². The van der Waals surface area contributed by atoms with Crippen LogP contribution < -0.4 is 15.4 Å². The van der Waals surface area contributed by atoms with Gasteiger partial charge in [0.2, 0.25) is 0 Å². The fourth-order valence-corrected chi connectivity index (χ4v) is 2.29. The smallest absolute Gasteiger partial charge is 0.191 e. The normalized spacial score (nSPS) is 11.6. The van der Waals surface area contributed by atoms with Gasteiger partial charge in [-0.1, -0.05) is 37.2 Å². The maximum atomic E-state index is 5.65. The number of para-hydroxylation sites is 1. The Labute approximate surface area is 149 Å². The number of nitrogens with zero attached hydrogens (tertiary/aromatic N) is 2. The number of nitrogens with one attached hydrogen (secondary N) is 2. The topological polar surface area (TPSA) is 71.7 Å². The molecule has 0 aliphatic carbocycles. The maximum Gasteiger partial charge on any atom is 0.191 e. The third-order valence-corrected chi connectivity index (χ3v) is 3.62. The molecule has 2 aromatic rings. The molecule has 0 radical (unpaired) electrons. The SMILES string of the molecule is CCNC(=NCc1ccccc1OCC)NCc1cc(C(C)C)no1. The van der Waals surface area contributed by atoms with Crippen LogP contribution in [0.2, 0.25) is 0 Å². The summed E-state index contributed by atoms with van der Waals surface area (Å²) in [5, 5.41) is 10.6. The Morgan fingerprint density at radius 1 is 1.24 bits per heavy atom. The lowest BCUT2D eigenvalue weighted by Gasteiger charge is -2.11. The van der Waals surface area contributed by atoms with Crippen molar-refractivity contribution in [3.63, 3.8) is 0 Å². The lowest BCUT2D eigenvalue weighted by atomic mass is 10.1. The quantitative estimate of drug-likeness (QED) is 0.567. The van der Waals surface area contributed by atoms with Crippen LogP contribution in [0.4, 0.5) is 0 Å². The molecule has 0 saturated heterocycles. The van der Waals surface area contributed by atoms with Crippen LogP contribution in [0.25, 0.3) is 0 Å². The molecule has 6 nitrogen and oxygen atoms in total. The fraction of sp³-hybridized carbons (Fsp3) is 0.474. The van der Waals surface area contributed by atoms with E-state index in [9.17, 15) is 0 Å². The minimum atomic E-state index is 0.356. The molecule has 1 aromatic carbocycles. The highest BCUT2D eigenvalue weighted by Gasteiger charge is 2.08. The molecule has 6 heteroatoms. The second-order valence-electron chi connectivity index (χ2n) is 5.96. The molecule has 0 bridgehead atoms. The summed E-state index contributed by atoms with van der Waals surface area (Å²) >= 11 is 0. The second kappa shape index (κ2) is 9.71. The summed E-state index contributed by atoms with van der Waals surface area (Å²) in [5.74, 6) is 2.76. The van der Waals surface area contributed by atoms with Crippen molar-refractivity contribution in [2.45, 2.75) is 46.7 Å². The highest BCUT2D eigenvalue weighted by atomic mass is 16.5. The van der Waals surface area contributed by atoms with Crippen LogP contribution in [-0.4, -0.2) is 24.3 Å². The Morgan fingerprint density at radius 3 is 2.72 bits per heavy atom. The number of hydrogen-bond acceptors (Lipinski definition) is 4. The van der Waals surface area contributed by atoms with Gasteiger partial charge in [-0.3, -0.25) is 0 Å². The van der Waals surface area contributed by atoms with Crippen LogP contribution in [0, 0.1) is 0 Å². The highest BCUT2D eigenvalue weighted by molar-refractivity contribution is 5.79. The van der Waals surface area contributed by atoms with E-state index in [2.05, 4.69) is 34.6 Å². The van der Waals surface area contributed by atoms with Gasteiger partial charge >= 0.3 is 0 Å². The molecule has 1 heterocycles. The molecule has 0 aliphatic rings. The molecule has 2 N–H and O–H groups in total. The molecule has 0 aliphatic heterocycles. The zero-order chi connectivity index (χ0) is 18.1. The average Bonchev–Trinajstić information content (AvgIpc) is 3.08. The summed E-state index contributed by atoms with van der Waals surface area (Å²) in [4.78, 5) is 4.64. The summed E-state index contributed by atoms with van der Waals surface area (Å²) < 4.78 is 11.0. The fourth-order valence-electron chi connectivity index (χ4n) is 2.29. The van der Waals surface area contributed by atoms with Gasteiger partial charge in [0.1, 0.15) is 5.75 Å². The van der Waals surface area contributed by atoms with Crippen molar-refractivity contribution >= 4 is 5.96 Å². The number of guanidine groups is 1. The Balaban J connectivity index is 2.00. The first kappa shape index (κ1) is 18.8. The zero-order valence-corrected chi connectivity index (χ0v) is 15.5. The lowest BCUT2D eigenvalue weighted by Crippen LogP contribution is -2.36. The molecule has 0 saturated carbocycles. The van der Waals surface area contributed by atoms with E-state index in [0.717, 1.165) is 35.3 Å². The van der Waals surface area contributed by atoms with Crippen LogP contribution in [0.3, 0.4) is 0 Å². The van der Waals surface area contributed by atoms with Crippen molar-refractivity contribution in [2.75, 3.05) is 13.2 Å². The lowest BCUT2D eigenvalue weighted by molar-refractivity contribution is 0.336. The summed E-state index contributed by atoms with van der Waals surface area (Å²) in [5.41, 5.74) is 2.02. The third-order valence-electron chi connectivity index (χ3n) is 3.62. The predicted molar refractivity (Wildman–Crippen MR) is 99.9 cm³/mol. The van der Waals surface area contributed by atoms with Crippen molar-refractivity contribution in [1.29, 1.82) is 0 Å². The molecule has 25 heavy (non-hydrogen) atoms. The van der Waals surface area contributed by atoms with Gasteiger partial charge in [-0.05, 0) is 25.8 Å². The highest BCUT2D eigenvalue weighted by Crippen LogP contribution is 2.18. The monoisotopic (exact) mass is 344 g/mol. The van der Waals surface area contributed by atoms with E-state index < -0.39 is 0 Å². The molecule has 0 amide bonds. The Bertz CT molecular complexity index is 680. The van der Waals surface area contributed by atoms with Gasteiger partial charge in [0, 0.05) is 18.2 Å². The van der Waals surface area contributed by atoms with Crippen molar-refractivity contribution < 1.29 is 9.26 Å². The van der Waals surface area contributed by atoms with Gasteiger partial charge in [0.15, 0.2) is 11.7 Å². The van der Waals surface area contributed by atoms with Gasteiger partial charge in [-0.2, -0.15) is 0 Å². The number of ether oxygens (including phenoxy) is 1. The Morgan fingerprint density at radius 2 is 2.04 bits per heavy atom. The summed E-state index contributed by atoms with van der Waals surface area (Å²) in [6.07, 6.45) is 0. The van der Waals surface area contributed by atoms with E-state index >= 15 is 0 Å². The minimum Gasteiger partial charge on any atom is -0.494 e.